The number of carboxylic acid groups (broad SMARTS) is 2. The van der Waals surface area contributed by atoms with Gasteiger partial charge in [-0.15, -0.1) is 0 Å². The van der Waals surface area contributed by atoms with Gasteiger partial charge >= 0.3 is 12.3 Å². The molecule has 0 radical (unpaired) electrons. The maximum Gasteiger partial charge on any atom is 0.503 e. The average molecular weight is 259 g/mol. The first kappa shape index (κ1) is 16.0. The molecule has 1 fully saturated rings. The van der Waals surface area contributed by atoms with Gasteiger partial charge in [-0.05, 0) is 25.7 Å². The lowest BCUT2D eigenvalue weighted by Crippen LogP contribution is -2.51. The number of hydrogen-bond acceptors (Lipinski definition) is 3. The van der Waals surface area contributed by atoms with E-state index >= 15 is 0 Å². The fraction of sp³-hybridized carbons (Fsp3) is 0.889. The largest absolute Gasteiger partial charge is 0.503 e. The second kappa shape index (κ2) is 6.06. The molecule has 0 spiro atoms. The summed E-state index contributed by atoms with van der Waals surface area (Å²) in [6.07, 6.45) is -5.38. The minimum atomic E-state index is -4.28. The van der Waals surface area contributed by atoms with Crippen LogP contribution in [0.3, 0.4) is 0 Å². The molecular formula is C9H16F3NO4. The topological polar surface area (TPSA) is 92.8 Å². The smallest absolute Gasteiger partial charge is 0.450 e. The van der Waals surface area contributed by atoms with Gasteiger partial charge in [0.2, 0.25) is 0 Å². The van der Waals surface area contributed by atoms with Crippen LogP contribution in [0.25, 0.3) is 0 Å². The molecule has 0 saturated heterocycles. The fourth-order valence-electron chi connectivity index (χ4n) is 1.71. The highest BCUT2D eigenvalue weighted by molar-refractivity contribution is 5.53. The van der Waals surface area contributed by atoms with Crippen molar-refractivity contribution >= 4 is 6.16 Å². The summed E-state index contributed by atoms with van der Waals surface area (Å²) in [5.74, 6) is 0. The van der Waals surface area contributed by atoms with Crippen LogP contribution in [0.1, 0.15) is 25.7 Å². The molecule has 0 unspecified atom stereocenters. The molecule has 4 N–H and O–H groups in total. The molecule has 0 aromatic rings. The third-order valence-electron chi connectivity index (χ3n) is 2.75. The predicted octanol–water partition coefficient (Wildman–Crippen LogP) is 2.06. The molecule has 1 rings (SSSR count). The van der Waals surface area contributed by atoms with E-state index in [0.29, 0.717) is 12.8 Å². The van der Waals surface area contributed by atoms with Gasteiger partial charge in [0.15, 0.2) is 5.60 Å². The Balaban J connectivity index is 0.000000557. The van der Waals surface area contributed by atoms with Crippen molar-refractivity contribution in [2.75, 3.05) is 7.11 Å². The Kier molecular flexibility index (Phi) is 5.70. The maximum absolute atomic E-state index is 12.6. The molecular weight excluding hydrogens is 243 g/mol. The van der Waals surface area contributed by atoms with Crippen LogP contribution < -0.4 is 5.73 Å². The standard InChI is InChI=1S/C8H14F3NO.CH2O3/c1-13-7(8(9,10)11)4-2-6(12)3-5-7;2-1(3)4/h6H,2-5,12H2,1H3;(H2,2,3,4). The third-order valence-corrected chi connectivity index (χ3v) is 2.75. The van der Waals surface area contributed by atoms with Crippen molar-refractivity contribution in [2.45, 2.75) is 43.5 Å². The molecule has 0 aromatic carbocycles. The second-order valence-corrected chi connectivity index (χ2v) is 3.82. The van der Waals surface area contributed by atoms with Crippen molar-refractivity contribution in [1.29, 1.82) is 0 Å². The van der Waals surface area contributed by atoms with Gasteiger partial charge in [-0.1, -0.05) is 0 Å². The van der Waals surface area contributed by atoms with Crippen molar-refractivity contribution in [3.05, 3.63) is 0 Å². The number of ether oxygens (including phenoxy) is 1. The third kappa shape index (κ3) is 4.78. The van der Waals surface area contributed by atoms with E-state index in [-0.39, 0.29) is 18.9 Å². The summed E-state index contributed by atoms with van der Waals surface area (Å²) < 4.78 is 42.3. The van der Waals surface area contributed by atoms with Crippen LogP contribution >= 0.6 is 0 Å². The molecule has 0 atom stereocenters. The minimum absolute atomic E-state index is 0.0197. The van der Waals surface area contributed by atoms with Crippen molar-refractivity contribution in [3.8, 4) is 0 Å². The monoisotopic (exact) mass is 259 g/mol. The lowest BCUT2D eigenvalue weighted by Gasteiger charge is -2.39. The van der Waals surface area contributed by atoms with Gasteiger partial charge in [0.25, 0.3) is 0 Å². The van der Waals surface area contributed by atoms with Gasteiger partial charge in [-0.3, -0.25) is 0 Å². The van der Waals surface area contributed by atoms with E-state index in [1.165, 1.54) is 0 Å². The Hall–Kier alpha value is -1.02. The predicted molar refractivity (Wildman–Crippen MR) is 52.9 cm³/mol. The van der Waals surface area contributed by atoms with E-state index in [0.717, 1.165) is 7.11 Å². The number of hydrogen-bond donors (Lipinski definition) is 3. The number of carbonyl (C=O) groups is 1. The number of halogens is 3. The Morgan fingerprint density at radius 1 is 1.35 bits per heavy atom. The number of rotatable bonds is 1. The van der Waals surface area contributed by atoms with Crippen LogP contribution in [0.4, 0.5) is 18.0 Å². The zero-order valence-electron chi connectivity index (χ0n) is 9.33. The minimum Gasteiger partial charge on any atom is -0.450 e. The summed E-state index contributed by atoms with van der Waals surface area (Å²) in [5.41, 5.74) is 3.59. The van der Waals surface area contributed by atoms with Crippen molar-refractivity contribution in [2.24, 2.45) is 5.73 Å². The highest BCUT2D eigenvalue weighted by Gasteiger charge is 2.56. The van der Waals surface area contributed by atoms with E-state index in [1.807, 2.05) is 0 Å². The molecule has 102 valence electrons. The quantitative estimate of drug-likeness (QED) is 0.670. The number of methoxy groups -OCH3 is 1. The molecule has 0 aliphatic heterocycles. The molecule has 0 aromatic heterocycles. The SMILES string of the molecule is COC1(C(F)(F)F)CCC(N)CC1.O=C(O)O. The van der Waals surface area contributed by atoms with Gasteiger partial charge in [-0.2, -0.15) is 13.2 Å². The molecule has 0 amide bonds. The van der Waals surface area contributed by atoms with Crippen LogP contribution in [0.5, 0.6) is 0 Å². The summed E-state index contributed by atoms with van der Waals surface area (Å²) >= 11 is 0. The Bertz CT molecular complexity index is 245. The van der Waals surface area contributed by atoms with Gasteiger partial charge in [0, 0.05) is 13.2 Å². The first-order valence-electron chi connectivity index (χ1n) is 4.94. The molecule has 8 heteroatoms. The summed E-state index contributed by atoms with van der Waals surface area (Å²) in [7, 11) is 1.12. The first-order valence-corrected chi connectivity index (χ1v) is 4.94. The van der Waals surface area contributed by atoms with Crippen molar-refractivity contribution < 1.29 is 32.9 Å². The first-order chi connectivity index (χ1) is 7.64. The molecule has 17 heavy (non-hydrogen) atoms. The fourth-order valence-corrected chi connectivity index (χ4v) is 1.71. The number of nitrogens with two attached hydrogens (primary N) is 1. The molecule has 1 aliphatic carbocycles. The average Bonchev–Trinajstić information content (AvgIpc) is 2.16. The van der Waals surface area contributed by atoms with Crippen LogP contribution in [0.2, 0.25) is 0 Å². The molecule has 0 bridgehead atoms. The maximum atomic E-state index is 12.6. The van der Waals surface area contributed by atoms with Crippen LogP contribution in [-0.4, -0.2) is 41.3 Å². The van der Waals surface area contributed by atoms with Gasteiger partial charge in [-0.25, -0.2) is 4.79 Å². The second-order valence-electron chi connectivity index (χ2n) is 3.82. The number of alkyl halides is 3. The summed E-state index contributed by atoms with van der Waals surface area (Å²) in [6.45, 7) is 0. The molecule has 1 saturated carbocycles. The van der Waals surface area contributed by atoms with Gasteiger partial charge in [0.1, 0.15) is 0 Å². The molecule has 5 nitrogen and oxygen atoms in total. The highest BCUT2D eigenvalue weighted by atomic mass is 19.4. The summed E-state index contributed by atoms with van der Waals surface area (Å²) in [5, 5.41) is 13.9. The van der Waals surface area contributed by atoms with E-state index in [1.54, 1.807) is 0 Å². The van der Waals surface area contributed by atoms with E-state index < -0.39 is 17.9 Å². The van der Waals surface area contributed by atoms with Crippen LogP contribution in [0.15, 0.2) is 0 Å². The normalized spacial score (nSPS) is 29.1. The zero-order valence-corrected chi connectivity index (χ0v) is 9.33. The van der Waals surface area contributed by atoms with Crippen LogP contribution in [-0.2, 0) is 4.74 Å². The van der Waals surface area contributed by atoms with E-state index in [2.05, 4.69) is 4.74 Å². The van der Waals surface area contributed by atoms with Crippen molar-refractivity contribution in [3.63, 3.8) is 0 Å². The summed E-state index contributed by atoms with van der Waals surface area (Å²) in [4.78, 5) is 8.56. The van der Waals surface area contributed by atoms with Crippen molar-refractivity contribution in [1.82, 2.24) is 0 Å². The van der Waals surface area contributed by atoms with Gasteiger partial charge < -0.3 is 20.7 Å². The lowest BCUT2D eigenvalue weighted by molar-refractivity contribution is -0.280. The highest BCUT2D eigenvalue weighted by Crippen LogP contribution is 2.43. The Morgan fingerprint density at radius 2 is 1.71 bits per heavy atom. The van der Waals surface area contributed by atoms with E-state index in [9.17, 15) is 13.2 Å². The van der Waals surface area contributed by atoms with Gasteiger partial charge in [0.05, 0.1) is 0 Å². The Labute approximate surface area is 96.4 Å². The molecule has 0 heterocycles. The molecule has 1 aliphatic rings. The van der Waals surface area contributed by atoms with Crippen LogP contribution in [0, 0.1) is 0 Å². The Morgan fingerprint density at radius 3 is 1.94 bits per heavy atom. The lowest BCUT2D eigenvalue weighted by atomic mass is 9.82. The van der Waals surface area contributed by atoms with E-state index in [4.69, 9.17) is 20.7 Å². The summed E-state index contributed by atoms with van der Waals surface area (Å²) in [6, 6.07) is -0.106. The zero-order chi connectivity index (χ0) is 13.7.